The maximum atomic E-state index is 12.4. The molecule has 3 atom stereocenters. The second-order valence-corrected chi connectivity index (χ2v) is 6.66. The zero-order chi connectivity index (χ0) is 17.1. The third kappa shape index (κ3) is 3.45. The summed E-state index contributed by atoms with van der Waals surface area (Å²) in [7, 11) is 1.76. The largest absolute Gasteiger partial charge is 0.380 e. The number of methoxy groups -OCH3 is 1. The van der Waals surface area contributed by atoms with Gasteiger partial charge in [-0.05, 0) is 32.6 Å². The Morgan fingerprint density at radius 2 is 2.33 bits per heavy atom. The highest BCUT2D eigenvalue weighted by Crippen LogP contribution is 2.28. The fourth-order valence-electron chi connectivity index (χ4n) is 3.89. The smallest absolute Gasteiger partial charge is 0.226 e. The molecule has 0 aromatic carbocycles. The Bertz CT molecular complexity index is 636. The van der Waals surface area contributed by atoms with Gasteiger partial charge in [0.05, 0.1) is 12.5 Å². The normalized spacial score (nSPS) is 27.3. The van der Waals surface area contributed by atoms with Gasteiger partial charge in [-0.15, -0.1) is 0 Å². The van der Waals surface area contributed by atoms with Crippen molar-refractivity contribution in [2.45, 2.75) is 57.2 Å². The molecule has 0 bridgehead atoms. The Hall–Kier alpha value is -1.91. The van der Waals surface area contributed by atoms with Crippen LogP contribution in [-0.2, 0) is 16.0 Å². The summed E-state index contributed by atoms with van der Waals surface area (Å²) in [6, 6.07) is 2.59. The summed E-state index contributed by atoms with van der Waals surface area (Å²) in [5.74, 6) is 0.362. The van der Waals surface area contributed by atoms with Crippen LogP contribution in [0.3, 0.4) is 0 Å². The molecule has 1 aromatic heterocycles. The standard InChI is InChI=1S/C17H24N4O3/c1-11-13(9-18)15(20-24-11)8-17(22)19-14-4-3-5-16(14)21-7-6-12(10-21)23-2/h12,14,16H,3-8,10H2,1-2H3,(H,19,22)/t12?,14-,16+/m1/s1. The first-order valence-electron chi connectivity index (χ1n) is 8.53. The van der Waals surface area contributed by atoms with Gasteiger partial charge >= 0.3 is 0 Å². The molecule has 1 unspecified atom stereocenters. The van der Waals surface area contributed by atoms with Gasteiger partial charge in [-0.3, -0.25) is 9.69 Å². The van der Waals surface area contributed by atoms with E-state index in [0.717, 1.165) is 38.8 Å². The second kappa shape index (κ2) is 7.32. The van der Waals surface area contributed by atoms with E-state index in [0.29, 0.717) is 29.2 Å². The molecule has 0 spiro atoms. The third-order valence-electron chi connectivity index (χ3n) is 5.18. The maximum Gasteiger partial charge on any atom is 0.226 e. The van der Waals surface area contributed by atoms with Crippen LogP contribution in [-0.4, -0.2) is 54.4 Å². The van der Waals surface area contributed by atoms with Crippen LogP contribution in [0.5, 0.6) is 0 Å². The number of nitrogens with zero attached hydrogens (tertiary/aromatic N) is 3. The van der Waals surface area contributed by atoms with Gasteiger partial charge in [0.2, 0.25) is 5.91 Å². The van der Waals surface area contributed by atoms with E-state index in [1.807, 2.05) is 6.07 Å². The first-order chi connectivity index (χ1) is 11.6. The van der Waals surface area contributed by atoms with E-state index in [2.05, 4.69) is 15.4 Å². The minimum absolute atomic E-state index is 0.0874. The Kier molecular flexibility index (Phi) is 5.17. The number of aromatic nitrogens is 1. The van der Waals surface area contributed by atoms with Crippen LogP contribution in [0.1, 0.15) is 42.7 Å². The summed E-state index contributed by atoms with van der Waals surface area (Å²) in [6.07, 6.45) is 4.66. The van der Waals surface area contributed by atoms with Gasteiger partial charge in [-0.1, -0.05) is 5.16 Å². The van der Waals surface area contributed by atoms with Crippen LogP contribution >= 0.6 is 0 Å². The second-order valence-electron chi connectivity index (χ2n) is 6.66. The van der Waals surface area contributed by atoms with Crippen molar-refractivity contribution >= 4 is 5.91 Å². The summed E-state index contributed by atoms with van der Waals surface area (Å²) < 4.78 is 10.5. The van der Waals surface area contributed by atoms with E-state index in [1.165, 1.54) is 0 Å². The topological polar surface area (TPSA) is 91.4 Å². The van der Waals surface area contributed by atoms with Gasteiger partial charge in [-0.2, -0.15) is 5.26 Å². The van der Waals surface area contributed by atoms with E-state index in [4.69, 9.17) is 14.5 Å². The number of rotatable bonds is 5. The van der Waals surface area contributed by atoms with Crippen molar-refractivity contribution in [2.24, 2.45) is 0 Å². The molecule has 2 fully saturated rings. The minimum Gasteiger partial charge on any atom is -0.380 e. The number of nitrogens with one attached hydrogen (secondary N) is 1. The van der Waals surface area contributed by atoms with Gasteiger partial charge < -0.3 is 14.6 Å². The molecule has 1 saturated heterocycles. The quantitative estimate of drug-likeness (QED) is 0.870. The molecule has 24 heavy (non-hydrogen) atoms. The lowest BCUT2D eigenvalue weighted by atomic mass is 10.1. The van der Waals surface area contributed by atoms with Gasteiger partial charge in [0.15, 0.2) is 5.76 Å². The number of nitriles is 1. The number of aryl methyl sites for hydroxylation is 1. The van der Waals surface area contributed by atoms with Crippen molar-refractivity contribution in [3.63, 3.8) is 0 Å². The Morgan fingerprint density at radius 1 is 1.50 bits per heavy atom. The molecule has 2 aliphatic rings. The minimum atomic E-state index is -0.0980. The van der Waals surface area contributed by atoms with E-state index >= 15 is 0 Å². The van der Waals surface area contributed by atoms with Crippen molar-refractivity contribution < 1.29 is 14.1 Å². The van der Waals surface area contributed by atoms with Crippen molar-refractivity contribution in [1.82, 2.24) is 15.4 Å². The highest BCUT2D eigenvalue weighted by Gasteiger charge is 2.36. The lowest BCUT2D eigenvalue weighted by Gasteiger charge is -2.29. The van der Waals surface area contributed by atoms with Crippen LogP contribution in [0.15, 0.2) is 4.52 Å². The predicted molar refractivity (Wildman–Crippen MR) is 86.2 cm³/mol. The molecule has 2 heterocycles. The van der Waals surface area contributed by atoms with Gasteiger partial charge in [0.1, 0.15) is 17.3 Å². The molecule has 1 aliphatic heterocycles. The summed E-state index contributed by atoms with van der Waals surface area (Å²) in [5, 5.41) is 16.1. The van der Waals surface area contributed by atoms with Crippen molar-refractivity contribution in [3.8, 4) is 6.07 Å². The first-order valence-corrected chi connectivity index (χ1v) is 8.53. The average Bonchev–Trinajstić information content (AvgIpc) is 3.27. The summed E-state index contributed by atoms with van der Waals surface area (Å²) >= 11 is 0. The number of carbonyl (C=O) groups is 1. The maximum absolute atomic E-state index is 12.4. The van der Waals surface area contributed by atoms with Crippen molar-refractivity contribution in [2.75, 3.05) is 20.2 Å². The predicted octanol–water partition coefficient (Wildman–Crippen LogP) is 1.16. The van der Waals surface area contributed by atoms with E-state index < -0.39 is 0 Å². The molecular formula is C17H24N4O3. The molecule has 1 saturated carbocycles. The SMILES string of the molecule is COC1CCN([C@H]2CCC[C@H]2NC(=O)Cc2noc(C)c2C#N)C1. The third-order valence-corrected chi connectivity index (χ3v) is 5.18. The molecule has 1 amide bonds. The molecule has 1 aromatic rings. The summed E-state index contributed by atoms with van der Waals surface area (Å²) in [5.41, 5.74) is 0.790. The van der Waals surface area contributed by atoms with E-state index in [9.17, 15) is 4.79 Å². The monoisotopic (exact) mass is 332 g/mol. The molecular weight excluding hydrogens is 308 g/mol. The molecule has 3 rings (SSSR count). The van der Waals surface area contributed by atoms with Gasteiger partial charge in [0, 0.05) is 32.3 Å². The van der Waals surface area contributed by atoms with Crippen LogP contribution in [0, 0.1) is 18.3 Å². The highest BCUT2D eigenvalue weighted by molar-refractivity contribution is 5.79. The zero-order valence-corrected chi connectivity index (χ0v) is 14.2. The zero-order valence-electron chi connectivity index (χ0n) is 14.2. The first kappa shape index (κ1) is 16.9. The summed E-state index contributed by atoms with van der Waals surface area (Å²) in [6.45, 7) is 3.64. The van der Waals surface area contributed by atoms with Crippen LogP contribution in [0.25, 0.3) is 0 Å². The van der Waals surface area contributed by atoms with Crippen LogP contribution in [0.4, 0.5) is 0 Å². The van der Waals surface area contributed by atoms with Crippen LogP contribution < -0.4 is 5.32 Å². The average molecular weight is 332 g/mol. The van der Waals surface area contributed by atoms with Crippen molar-refractivity contribution in [3.05, 3.63) is 17.0 Å². The molecule has 0 radical (unpaired) electrons. The van der Waals surface area contributed by atoms with E-state index in [1.54, 1.807) is 14.0 Å². The Balaban J connectivity index is 1.58. The fourth-order valence-corrected chi connectivity index (χ4v) is 3.89. The van der Waals surface area contributed by atoms with Crippen molar-refractivity contribution in [1.29, 1.82) is 5.26 Å². The molecule has 1 N–H and O–H groups in total. The molecule has 1 aliphatic carbocycles. The van der Waals surface area contributed by atoms with E-state index in [-0.39, 0.29) is 18.4 Å². The number of hydrogen-bond donors (Lipinski definition) is 1. The molecule has 7 nitrogen and oxygen atoms in total. The number of likely N-dealkylation sites (tertiary alicyclic amines) is 1. The summed E-state index contributed by atoms with van der Waals surface area (Å²) in [4.78, 5) is 14.8. The highest BCUT2D eigenvalue weighted by atomic mass is 16.5. The fraction of sp³-hybridized carbons (Fsp3) is 0.706. The van der Waals surface area contributed by atoms with Gasteiger partial charge in [-0.25, -0.2) is 0 Å². The Morgan fingerprint density at radius 3 is 3.04 bits per heavy atom. The number of amides is 1. The Labute approximate surface area is 141 Å². The number of carbonyl (C=O) groups excluding carboxylic acids is 1. The van der Waals surface area contributed by atoms with Crippen LogP contribution in [0.2, 0.25) is 0 Å². The molecule has 130 valence electrons. The number of hydrogen-bond acceptors (Lipinski definition) is 6. The lowest BCUT2D eigenvalue weighted by Crippen LogP contribution is -2.48. The van der Waals surface area contributed by atoms with Gasteiger partial charge in [0.25, 0.3) is 0 Å². The lowest BCUT2D eigenvalue weighted by molar-refractivity contribution is -0.121. The number of ether oxygens (including phenoxy) is 1. The molecule has 7 heteroatoms.